The van der Waals surface area contributed by atoms with Gasteiger partial charge in [0.1, 0.15) is 0 Å². The van der Waals surface area contributed by atoms with E-state index in [0.717, 1.165) is 9.61 Å². The van der Waals surface area contributed by atoms with Crippen LogP contribution < -0.4 is 5.73 Å². The molecule has 0 aliphatic heterocycles. The number of hydrogen-bond acceptors (Lipinski definition) is 3. The van der Waals surface area contributed by atoms with E-state index in [-0.39, 0.29) is 12.3 Å². The van der Waals surface area contributed by atoms with E-state index in [9.17, 15) is 4.79 Å². The molecule has 10 heavy (non-hydrogen) atoms. The summed E-state index contributed by atoms with van der Waals surface area (Å²) in [7, 11) is 0. The van der Waals surface area contributed by atoms with Gasteiger partial charge in [-0.1, -0.05) is 0 Å². The molecule has 1 amide bonds. The van der Waals surface area contributed by atoms with Gasteiger partial charge in [0, 0.05) is 5.38 Å². The highest BCUT2D eigenvalue weighted by molar-refractivity contribution is 9.11. The van der Waals surface area contributed by atoms with Gasteiger partial charge in [-0.15, -0.1) is 11.3 Å². The molecule has 1 aromatic rings. The number of primary amides is 1. The van der Waals surface area contributed by atoms with Crippen molar-refractivity contribution in [3.63, 3.8) is 0 Å². The first-order valence-corrected chi connectivity index (χ1v) is 4.24. The van der Waals surface area contributed by atoms with Crippen molar-refractivity contribution >= 4 is 33.2 Å². The minimum atomic E-state index is -0.349. The van der Waals surface area contributed by atoms with Gasteiger partial charge in [-0.2, -0.15) is 0 Å². The first-order valence-electron chi connectivity index (χ1n) is 2.56. The maximum Gasteiger partial charge on any atom is 0.223 e. The molecule has 2 N–H and O–H groups in total. The van der Waals surface area contributed by atoms with Crippen molar-refractivity contribution in [2.75, 3.05) is 0 Å². The van der Waals surface area contributed by atoms with Crippen LogP contribution in [0.3, 0.4) is 0 Å². The lowest BCUT2D eigenvalue weighted by molar-refractivity contribution is -0.117. The molecule has 0 saturated carbocycles. The Balaban J connectivity index is 2.67. The van der Waals surface area contributed by atoms with Crippen LogP contribution in [0.4, 0.5) is 0 Å². The lowest BCUT2D eigenvalue weighted by atomic mass is 10.3. The molecule has 0 aliphatic rings. The lowest BCUT2D eigenvalue weighted by Gasteiger charge is -1.86. The Bertz CT molecular complexity index is 248. The second-order valence-corrected chi connectivity index (χ2v) is 3.87. The monoisotopic (exact) mass is 220 g/mol. The van der Waals surface area contributed by atoms with Crippen LogP contribution in [0, 0.1) is 0 Å². The lowest BCUT2D eigenvalue weighted by Crippen LogP contribution is -2.13. The van der Waals surface area contributed by atoms with Crippen molar-refractivity contribution in [2.45, 2.75) is 6.42 Å². The molecule has 0 aromatic carbocycles. The first kappa shape index (κ1) is 7.68. The summed E-state index contributed by atoms with van der Waals surface area (Å²) >= 11 is 4.62. The molecule has 0 atom stereocenters. The van der Waals surface area contributed by atoms with E-state index >= 15 is 0 Å². The summed E-state index contributed by atoms with van der Waals surface area (Å²) in [4.78, 5) is 14.3. The summed E-state index contributed by atoms with van der Waals surface area (Å²) in [5.74, 6) is -0.349. The van der Waals surface area contributed by atoms with Crippen molar-refractivity contribution < 1.29 is 4.79 Å². The third-order valence-electron chi connectivity index (χ3n) is 0.879. The molecule has 0 spiro atoms. The van der Waals surface area contributed by atoms with E-state index in [1.807, 2.05) is 0 Å². The standard InChI is InChI=1S/C5H5BrN2OS/c6-5-8-3(2-10-5)1-4(7)9/h2H,1H2,(H2,7,9). The van der Waals surface area contributed by atoms with Gasteiger partial charge in [-0.05, 0) is 15.9 Å². The highest BCUT2D eigenvalue weighted by atomic mass is 79.9. The summed E-state index contributed by atoms with van der Waals surface area (Å²) in [5, 5.41) is 1.80. The van der Waals surface area contributed by atoms with Crippen molar-refractivity contribution in [1.82, 2.24) is 4.98 Å². The van der Waals surface area contributed by atoms with Gasteiger partial charge in [-0.25, -0.2) is 4.98 Å². The number of carbonyl (C=O) groups is 1. The minimum absolute atomic E-state index is 0.224. The molecular formula is C5H5BrN2OS. The highest BCUT2D eigenvalue weighted by Gasteiger charge is 2.01. The quantitative estimate of drug-likeness (QED) is 0.807. The molecule has 1 heterocycles. The Labute approximate surface area is 70.4 Å². The predicted octanol–water partition coefficient (Wildman–Crippen LogP) is 0.933. The van der Waals surface area contributed by atoms with E-state index < -0.39 is 0 Å². The van der Waals surface area contributed by atoms with Gasteiger partial charge in [0.2, 0.25) is 5.91 Å². The summed E-state index contributed by atoms with van der Waals surface area (Å²) in [6.07, 6.45) is 0.224. The fourth-order valence-corrected chi connectivity index (χ4v) is 1.59. The van der Waals surface area contributed by atoms with Crippen LogP contribution in [-0.2, 0) is 11.2 Å². The Morgan fingerprint density at radius 1 is 1.90 bits per heavy atom. The summed E-state index contributed by atoms with van der Waals surface area (Å²) in [6, 6.07) is 0. The Morgan fingerprint density at radius 3 is 3.00 bits per heavy atom. The topological polar surface area (TPSA) is 56.0 Å². The van der Waals surface area contributed by atoms with Crippen molar-refractivity contribution in [2.24, 2.45) is 5.73 Å². The number of halogens is 1. The van der Waals surface area contributed by atoms with E-state index in [2.05, 4.69) is 20.9 Å². The van der Waals surface area contributed by atoms with Crippen LogP contribution in [0.2, 0.25) is 0 Å². The maximum atomic E-state index is 10.3. The highest BCUT2D eigenvalue weighted by Crippen LogP contribution is 2.15. The molecule has 5 heteroatoms. The first-order chi connectivity index (χ1) is 4.68. The number of aromatic nitrogens is 1. The third kappa shape index (κ3) is 2.07. The van der Waals surface area contributed by atoms with Crippen LogP contribution in [0.1, 0.15) is 5.69 Å². The van der Waals surface area contributed by atoms with E-state index in [1.54, 1.807) is 5.38 Å². The molecule has 0 fully saturated rings. The van der Waals surface area contributed by atoms with Crippen LogP contribution in [0.25, 0.3) is 0 Å². The third-order valence-corrected chi connectivity index (χ3v) is 2.29. The molecule has 0 bridgehead atoms. The number of amides is 1. The molecule has 0 radical (unpaired) electrons. The van der Waals surface area contributed by atoms with Gasteiger partial charge < -0.3 is 5.73 Å². The van der Waals surface area contributed by atoms with Gasteiger partial charge in [0.05, 0.1) is 12.1 Å². The Morgan fingerprint density at radius 2 is 2.60 bits per heavy atom. The van der Waals surface area contributed by atoms with Crippen LogP contribution in [0.15, 0.2) is 9.30 Å². The molecule has 1 aromatic heterocycles. The number of nitrogens with two attached hydrogens (primary N) is 1. The average molecular weight is 221 g/mol. The number of nitrogens with zero attached hydrogens (tertiary/aromatic N) is 1. The zero-order valence-electron chi connectivity index (χ0n) is 5.00. The summed E-state index contributed by atoms with van der Waals surface area (Å²) in [6.45, 7) is 0. The average Bonchev–Trinajstić information content (AvgIpc) is 2.13. The molecule has 1 rings (SSSR count). The number of rotatable bonds is 2. The largest absolute Gasteiger partial charge is 0.369 e. The molecule has 3 nitrogen and oxygen atoms in total. The van der Waals surface area contributed by atoms with Gasteiger partial charge in [-0.3, -0.25) is 4.79 Å². The zero-order valence-corrected chi connectivity index (χ0v) is 7.41. The molecular weight excluding hydrogens is 216 g/mol. The van der Waals surface area contributed by atoms with E-state index in [0.29, 0.717) is 0 Å². The van der Waals surface area contributed by atoms with E-state index in [4.69, 9.17) is 5.73 Å². The van der Waals surface area contributed by atoms with Gasteiger partial charge in [0.25, 0.3) is 0 Å². The number of carbonyl (C=O) groups excluding carboxylic acids is 1. The van der Waals surface area contributed by atoms with Crippen LogP contribution in [-0.4, -0.2) is 10.9 Å². The molecule has 0 unspecified atom stereocenters. The Hall–Kier alpha value is -0.420. The van der Waals surface area contributed by atoms with Crippen LogP contribution in [0.5, 0.6) is 0 Å². The van der Waals surface area contributed by atoms with E-state index in [1.165, 1.54) is 11.3 Å². The second-order valence-electron chi connectivity index (χ2n) is 1.73. The van der Waals surface area contributed by atoms with Crippen molar-refractivity contribution in [1.29, 1.82) is 0 Å². The van der Waals surface area contributed by atoms with Crippen molar-refractivity contribution in [3.8, 4) is 0 Å². The molecule has 0 saturated heterocycles. The Kier molecular flexibility index (Phi) is 2.39. The van der Waals surface area contributed by atoms with Crippen molar-refractivity contribution in [3.05, 3.63) is 15.0 Å². The maximum absolute atomic E-state index is 10.3. The SMILES string of the molecule is NC(=O)Cc1csc(Br)n1. The van der Waals surface area contributed by atoms with Gasteiger partial charge in [0.15, 0.2) is 3.92 Å². The van der Waals surface area contributed by atoms with Gasteiger partial charge >= 0.3 is 0 Å². The summed E-state index contributed by atoms with van der Waals surface area (Å²) in [5.41, 5.74) is 5.67. The molecule has 0 aliphatic carbocycles. The predicted molar refractivity (Wildman–Crippen MR) is 42.7 cm³/mol. The smallest absolute Gasteiger partial charge is 0.223 e. The summed E-state index contributed by atoms with van der Waals surface area (Å²) < 4.78 is 0.781. The number of hydrogen-bond donors (Lipinski definition) is 1. The number of thiazole rings is 1. The molecule has 54 valence electrons. The zero-order chi connectivity index (χ0) is 7.56. The normalized spacial score (nSPS) is 9.70. The van der Waals surface area contributed by atoms with Crippen LogP contribution >= 0.6 is 27.3 Å². The minimum Gasteiger partial charge on any atom is -0.369 e. The fourth-order valence-electron chi connectivity index (χ4n) is 0.542. The second kappa shape index (κ2) is 3.12. The fraction of sp³-hybridized carbons (Fsp3) is 0.200.